The standard InChI is InChI=1S/C24H24N2O5/c1-29-21-10-9-20(14-22(21)31-23-8-4-12-30-23)26(16-17-5-3-11-25-15-17)19-7-2-6-18(13-19)24(27)28/h2-3,5-7,9-11,13-15,23H,4,8,12,16H2,1H3,(H,27,28)/t23-/m1/s1. The number of rotatable bonds is 8. The van der Waals surface area contributed by atoms with Gasteiger partial charge in [0.25, 0.3) is 0 Å². The molecule has 1 atom stereocenters. The SMILES string of the molecule is COc1ccc(N(Cc2cccnc2)c2cccc(C(=O)O)c2)cc1O[C@@H]1CCCO1. The molecule has 2 heterocycles. The number of carboxylic acids is 1. The van der Waals surface area contributed by atoms with Gasteiger partial charge in [-0.1, -0.05) is 12.1 Å². The maximum atomic E-state index is 11.5. The molecular formula is C24H24N2O5. The first-order valence-electron chi connectivity index (χ1n) is 10.1. The number of benzene rings is 2. The Morgan fingerprint density at radius 3 is 2.74 bits per heavy atom. The third-order valence-corrected chi connectivity index (χ3v) is 5.07. The number of carboxylic acid groups (broad SMARTS) is 1. The highest BCUT2D eigenvalue weighted by Crippen LogP contribution is 2.37. The van der Waals surface area contributed by atoms with Crippen molar-refractivity contribution in [2.75, 3.05) is 18.6 Å². The smallest absolute Gasteiger partial charge is 0.335 e. The molecule has 0 aliphatic carbocycles. The average Bonchev–Trinajstić information content (AvgIpc) is 3.31. The first-order valence-corrected chi connectivity index (χ1v) is 10.1. The van der Waals surface area contributed by atoms with E-state index < -0.39 is 5.97 Å². The molecule has 4 rings (SSSR count). The van der Waals surface area contributed by atoms with Crippen LogP contribution in [0.2, 0.25) is 0 Å². The lowest BCUT2D eigenvalue weighted by Crippen LogP contribution is -2.18. The summed E-state index contributed by atoms with van der Waals surface area (Å²) in [6, 6.07) is 16.4. The van der Waals surface area contributed by atoms with E-state index in [1.54, 1.807) is 37.7 Å². The molecule has 0 spiro atoms. The van der Waals surface area contributed by atoms with Crippen molar-refractivity contribution in [1.82, 2.24) is 4.98 Å². The fraction of sp³-hybridized carbons (Fsp3) is 0.250. The Hall–Kier alpha value is -3.58. The molecule has 7 heteroatoms. The Morgan fingerprint density at radius 2 is 2.03 bits per heavy atom. The zero-order valence-corrected chi connectivity index (χ0v) is 17.2. The molecule has 3 aromatic rings. The lowest BCUT2D eigenvalue weighted by molar-refractivity contribution is -0.0402. The van der Waals surface area contributed by atoms with Gasteiger partial charge in [0.05, 0.1) is 19.3 Å². The molecule has 1 N–H and O–H groups in total. The number of aromatic nitrogens is 1. The second-order valence-corrected chi connectivity index (χ2v) is 7.20. The first-order chi connectivity index (χ1) is 15.1. The molecule has 160 valence electrons. The highest BCUT2D eigenvalue weighted by molar-refractivity contribution is 5.89. The number of pyridine rings is 1. The van der Waals surface area contributed by atoms with Gasteiger partial charge in [0.15, 0.2) is 17.8 Å². The molecule has 7 nitrogen and oxygen atoms in total. The number of hydrogen-bond acceptors (Lipinski definition) is 6. The van der Waals surface area contributed by atoms with Gasteiger partial charge >= 0.3 is 5.97 Å². The first kappa shape index (κ1) is 20.7. The zero-order chi connectivity index (χ0) is 21.6. The molecule has 1 fully saturated rings. The molecule has 1 aliphatic heterocycles. The molecule has 0 saturated carbocycles. The van der Waals surface area contributed by atoms with Crippen molar-refractivity contribution in [2.24, 2.45) is 0 Å². The van der Waals surface area contributed by atoms with Gasteiger partial charge in [-0.05, 0) is 48.4 Å². The van der Waals surface area contributed by atoms with Crippen molar-refractivity contribution in [3.63, 3.8) is 0 Å². The quantitative estimate of drug-likeness (QED) is 0.568. The maximum absolute atomic E-state index is 11.5. The number of nitrogens with zero attached hydrogens (tertiary/aromatic N) is 2. The summed E-state index contributed by atoms with van der Waals surface area (Å²) in [4.78, 5) is 17.7. The van der Waals surface area contributed by atoms with E-state index in [9.17, 15) is 9.90 Å². The highest BCUT2D eigenvalue weighted by Gasteiger charge is 2.21. The van der Waals surface area contributed by atoms with Crippen molar-refractivity contribution in [2.45, 2.75) is 25.7 Å². The normalized spacial score (nSPS) is 15.5. The molecule has 1 saturated heterocycles. The number of methoxy groups -OCH3 is 1. The summed E-state index contributed by atoms with van der Waals surface area (Å²) >= 11 is 0. The summed E-state index contributed by atoms with van der Waals surface area (Å²) < 4.78 is 17.1. The lowest BCUT2D eigenvalue weighted by atomic mass is 10.1. The number of hydrogen-bond donors (Lipinski definition) is 1. The van der Waals surface area contributed by atoms with Gasteiger partial charge in [-0.25, -0.2) is 4.79 Å². The summed E-state index contributed by atoms with van der Waals surface area (Å²) in [7, 11) is 1.60. The summed E-state index contributed by atoms with van der Waals surface area (Å²) in [6.07, 6.45) is 5.00. The van der Waals surface area contributed by atoms with Crippen LogP contribution in [0, 0.1) is 0 Å². The predicted octanol–water partition coefficient (Wildman–Crippen LogP) is 4.64. The lowest BCUT2D eigenvalue weighted by Gasteiger charge is -2.27. The van der Waals surface area contributed by atoms with Gasteiger partial charge < -0.3 is 24.2 Å². The van der Waals surface area contributed by atoms with E-state index in [4.69, 9.17) is 14.2 Å². The summed E-state index contributed by atoms with van der Waals surface area (Å²) in [5.74, 6) is 0.220. The molecule has 1 aromatic heterocycles. The molecule has 1 aliphatic rings. The van der Waals surface area contributed by atoms with Crippen LogP contribution >= 0.6 is 0 Å². The van der Waals surface area contributed by atoms with Gasteiger partial charge in [-0.2, -0.15) is 0 Å². The molecule has 0 radical (unpaired) electrons. The minimum Gasteiger partial charge on any atom is -0.493 e. The Kier molecular flexibility index (Phi) is 6.33. The molecule has 2 aromatic carbocycles. The van der Waals surface area contributed by atoms with E-state index in [2.05, 4.69) is 4.98 Å². The second-order valence-electron chi connectivity index (χ2n) is 7.20. The molecular weight excluding hydrogens is 396 g/mol. The largest absolute Gasteiger partial charge is 0.493 e. The Bertz CT molecular complexity index is 1040. The van der Waals surface area contributed by atoms with E-state index in [0.717, 1.165) is 29.8 Å². The topological polar surface area (TPSA) is 81.1 Å². The average molecular weight is 420 g/mol. The number of ether oxygens (including phenoxy) is 3. The number of aromatic carboxylic acids is 1. The Morgan fingerprint density at radius 1 is 1.16 bits per heavy atom. The van der Waals surface area contributed by atoms with Crippen molar-refractivity contribution >= 4 is 17.3 Å². The molecule has 0 bridgehead atoms. The van der Waals surface area contributed by atoms with Crippen LogP contribution in [0.3, 0.4) is 0 Å². The number of anilines is 2. The minimum absolute atomic E-state index is 0.220. The zero-order valence-electron chi connectivity index (χ0n) is 17.2. The molecule has 31 heavy (non-hydrogen) atoms. The van der Waals surface area contributed by atoms with Crippen molar-refractivity contribution in [3.8, 4) is 11.5 Å². The van der Waals surface area contributed by atoms with Crippen LogP contribution in [-0.4, -0.2) is 36.1 Å². The van der Waals surface area contributed by atoms with Crippen LogP contribution < -0.4 is 14.4 Å². The second kappa shape index (κ2) is 9.49. The number of carbonyl (C=O) groups is 1. The monoisotopic (exact) mass is 420 g/mol. The van der Waals surface area contributed by atoms with Crippen LogP contribution in [0.1, 0.15) is 28.8 Å². The van der Waals surface area contributed by atoms with Gasteiger partial charge in [-0.15, -0.1) is 0 Å². The van der Waals surface area contributed by atoms with Crippen molar-refractivity contribution in [1.29, 1.82) is 0 Å². The third-order valence-electron chi connectivity index (χ3n) is 5.07. The van der Waals surface area contributed by atoms with Gasteiger partial charge in [0.2, 0.25) is 0 Å². The Labute approximate surface area is 180 Å². The van der Waals surface area contributed by atoms with Crippen LogP contribution in [0.25, 0.3) is 0 Å². The van der Waals surface area contributed by atoms with Crippen LogP contribution in [0.5, 0.6) is 11.5 Å². The van der Waals surface area contributed by atoms with Crippen molar-refractivity contribution in [3.05, 3.63) is 78.1 Å². The third kappa shape index (κ3) is 4.95. The van der Waals surface area contributed by atoms with E-state index in [1.807, 2.05) is 41.3 Å². The van der Waals surface area contributed by atoms with E-state index in [0.29, 0.717) is 24.7 Å². The van der Waals surface area contributed by atoms with E-state index in [1.165, 1.54) is 0 Å². The van der Waals surface area contributed by atoms with Crippen LogP contribution in [0.15, 0.2) is 67.0 Å². The summed E-state index contributed by atoms with van der Waals surface area (Å²) in [5.41, 5.74) is 2.79. The van der Waals surface area contributed by atoms with Crippen molar-refractivity contribution < 1.29 is 24.1 Å². The van der Waals surface area contributed by atoms with Crippen LogP contribution in [0.4, 0.5) is 11.4 Å². The molecule has 0 amide bonds. The maximum Gasteiger partial charge on any atom is 0.335 e. The summed E-state index contributed by atoms with van der Waals surface area (Å²) in [6.45, 7) is 1.18. The van der Waals surface area contributed by atoms with Gasteiger partial charge in [-0.3, -0.25) is 4.98 Å². The highest BCUT2D eigenvalue weighted by atomic mass is 16.7. The van der Waals surface area contributed by atoms with Gasteiger partial charge in [0.1, 0.15) is 0 Å². The molecule has 0 unspecified atom stereocenters. The minimum atomic E-state index is -0.972. The summed E-state index contributed by atoms with van der Waals surface area (Å²) in [5, 5.41) is 9.44. The van der Waals surface area contributed by atoms with E-state index >= 15 is 0 Å². The predicted molar refractivity (Wildman–Crippen MR) is 116 cm³/mol. The van der Waals surface area contributed by atoms with E-state index in [-0.39, 0.29) is 11.9 Å². The fourth-order valence-electron chi connectivity index (χ4n) is 3.52. The van der Waals surface area contributed by atoms with Gasteiger partial charge in [0, 0.05) is 42.8 Å². The van der Waals surface area contributed by atoms with Crippen LogP contribution in [-0.2, 0) is 11.3 Å². The fourth-order valence-corrected chi connectivity index (χ4v) is 3.52. The Balaban J connectivity index is 1.73.